The zero-order chi connectivity index (χ0) is 20.8. The highest BCUT2D eigenvalue weighted by Crippen LogP contribution is 2.29. The van der Waals surface area contributed by atoms with Crippen molar-refractivity contribution in [3.8, 4) is 11.1 Å². The van der Waals surface area contributed by atoms with Gasteiger partial charge >= 0.3 is 0 Å². The van der Waals surface area contributed by atoms with Gasteiger partial charge in [0, 0.05) is 40.7 Å². The Balaban J connectivity index is 0.00000272. The second kappa shape index (κ2) is 10.0. The molecule has 1 aliphatic heterocycles. The summed E-state index contributed by atoms with van der Waals surface area (Å²) in [5, 5.41) is 25.8. The summed E-state index contributed by atoms with van der Waals surface area (Å²) in [6.07, 6.45) is 4.85. The predicted molar refractivity (Wildman–Crippen MR) is 122 cm³/mol. The topological polar surface area (TPSA) is 59.0 Å². The standard InChI is InChI=1S/C25H35N3O2.H2/c29-25(12-4-1-5-13-25)20-28(30)18-21-8-10-22(11-9-21)24-7-3-2-6-23(24)19-27-16-14-26-15-17-27;/h2-3,6-11,26,29-30H,1,4-5,12-20H2;1H. The van der Waals surface area contributed by atoms with Gasteiger partial charge in [0.2, 0.25) is 0 Å². The van der Waals surface area contributed by atoms with Gasteiger partial charge < -0.3 is 15.6 Å². The molecule has 30 heavy (non-hydrogen) atoms. The maximum Gasteiger partial charge on any atom is 0.0797 e. The third-order valence-corrected chi connectivity index (χ3v) is 6.51. The summed E-state index contributed by atoms with van der Waals surface area (Å²) in [5.41, 5.74) is 4.16. The van der Waals surface area contributed by atoms with Gasteiger partial charge in [0.15, 0.2) is 0 Å². The molecule has 2 aromatic carbocycles. The maximum atomic E-state index is 10.7. The lowest BCUT2D eigenvalue weighted by atomic mass is 9.85. The molecule has 3 N–H and O–H groups in total. The second-order valence-electron chi connectivity index (χ2n) is 8.99. The van der Waals surface area contributed by atoms with Crippen LogP contribution in [-0.2, 0) is 13.1 Å². The van der Waals surface area contributed by atoms with Gasteiger partial charge in [0.05, 0.1) is 12.1 Å². The molecule has 1 heterocycles. The Morgan fingerprint density at radius 2 is 1.67 bits per heavy atom. The van der Waals surface area contributed by atoms with Crippen LogP contribution in [0, 0.1) is 0 Å². The number of hydrogen-bond donors (Lipinski definition) is 3. The van der Waals surface area contributed by atoms with Crippen LogP contribution in [0.2, 0.25) is 0 Å². The molecule has 0 radical (unpaired) electrons. The fourth-order valence-electron chi connectivity index (χ4n) is 4.81. The minimum atomic E-state index is -0.740. The molecule has 5 heteroatoms. The van der Waals surface area contributed by atoms with Gasteiger partial charge in [0.25, 0.3) is 0 Å². The molecule has 0 amide bonds. The third-order valence-electron chi connectivity index (χ3n) is 6.51. The van der Waals surface area contributed by atoms with Crippen LogP contribution in [0.1, 0.15) is 44.7 Å². The Hall–Kier alpha value is -1.76. The summed E-state index contributed by atoms with van der Waals surface area (Å²) in [7, 11) is 0. The van der Waals surface area contributed by atoms with E-state index in [1.54, 1.807) is 0 Å². The minimum Gasteiger partial charge on any atom is -0.388 e. The molecule has 2 aliphatic rings. The maximum absolute atomic E-state index is 10.7. The fourth-order valence-corrected chi connectivity index (χ4v) is 4.81. The van der Waals surface area contributed by atoms with E-state index in [0.29, 0.717) is 13.1 Å². The Kier molecular flexibility index (Phi) is 7.18. The molecular weight excluding hydrogens is 374 g/mol. The summed E-state index contributed by atoms with van der Waals surface area (Å²) in [6, 6.07) is 17.1. The summed E-state index contributed by atoms with van der Waals surface area (Å²) >= 11 is 0. The van der Waals surface area contributed by atoms with Crippen LogP contribution in [0.5, 0.6) is 0 Å². The third kappa shape index (κ3) is 5.68. The molecule has 0 aromatic heterocycles. The SMILES string of the molecule is ON(Cc1ccc(-c2ccccc2CN2CCNCC2)cc1)CC1(O)CCCCC1.[HH]. The first-order valence-corrected chi connectivity index (χ1v) is 11.4. The molecule has 164 valence electrons. The lowest BCUT2D eigenvalue weighted by Crippen LogP contribution is -2.43. The Labute approximate surface area is 181 Å². The monoisotopic (exact) mass is 411 g/mol. The van der Waals surface area contributed by atoms with E-state index < -0.39 is 5.60 Å². The molecule has 2 aromatic rings. The molecule has 4 rings (SSSR count). The van der Waals surface area contributed by atoms with Crippen LogP contribution < -0.4 is 5.32 Å². The van der Waals surface area contributed by atoms with Crippen molar-refractivity contribution < 1.29 is 11.7 Å². The van der Waals surface area contributed by atoms with Crippen molar-refractivity contribution in [2.24, 2.45) is 0 Å². The molecule has 0 atom stereocenters. The molecule has 0 spiro atoms. The van der Waals surface area contributed by atoms with Crippen molar-refractivity contribution in [3.63, 3.8) is 0 Å². The minimum absolute atomic E-state index is 0. The number of hydrogen-bond acceptors (Lipinski definition) is 5. The predicted octanol–water partition coefficient (Wildman–Crippen LogP) is 3.89. The number of piperazine rings is 1. The van der Waals surface area contributed by atoms with Gasteiger partial charge in [-0.05, 0) is 35.1 Å². The molecule has 5 nitrogen and oxygen atoms in total. The largest absolute Gasteiger partial charge is 0.388 e. The molecule has 2 fully saturated rings. The van der Waals surface area contributed by atoms with Gasteiger partial charge in [-0.25, -0.2) is 0 Å². The summed E-state index contributed by atoms with van der Waals surface area (Å²) < 4.78 is 0. The van der Waals surface area contributed by atoms with Gasteiger partial charge in [-0.1, -0.05) is 67.8 Å². The highest BCUT2D eigenvalue weighted by molar-refractivity contribution is 5.67. The van der Waals surface area contributed by atoms with Crippen LogP contribution in [-0.4, -0.2) is 58.6 Å². The molecule has 0 unspecified atom stereocenters. The van der Waals surface area contributed by atoms with Gasteiger partial charge in [-0.3, -0.25) is 4.90 Å². The van der Waals surface area contributed by atoms with E-state index in [4.69, 9.17) is 0 Å². The number of hydroxylamine groups is 2. The zero-order valence-corrected chi connectivity index (χ0v) is 17.9. The highest BCUT2D eigenvalue weighted by atomic mass is 16.5. The summed E-state index contributed by atoms with van der Waals surface area (Å²) in [5.74, 6) is 0. The van der Waals surface area contributed by atoms with Crippen molar-refractivity contribution >= 4 is 0 Å². The number of rotatable bonds is 7. The van der Waals surface area contributed by atoms with Crippen LogP contribution in [0.3, 0.4) is 0 Å². The van der Waals surface area contributed by atoms with Crippen LogP contribution >= 0.6 is 0 Å². The van der Waals surface area contributed by atoms with Crippen LogP contribution in [0.15, 0.2) is 48.5 Å². The number of nitrogens with one attached hydrogen (secondary N) is 1. The number of benzene rings is 2. The van der Waals surface area contributed by atoms with Crippen molar-refractivity contribution in [1.82, 2.24) is 15.3 Å². The Morgan fingerprint density at radius 3 is 2.40 bits per heavy atom. The smallest absolute Gasteiger partial charge is 0.0797 e. The van der Waals surface area contributed by atoms with E-state index >= 15 is 0 Å². The van der Waals surface area contributed by atoms with Crippen molar-refractivity contribution in [2.75, 3.05) is 32.7 Å². The highest BCUT2D eigenvalue weighted by Gasteiger charge is 2.31. The van der Waals surface area contributed by atoms with E-state index in [-0.39, 0.29) is 1.43 Å². The van der Waals surface area contributed by atoms with E-state index in [1.807, 2.05) is 0 Å². The first-order chi connectivity index (χ1) is 14.6. The Morgan fingerprint density at radius 1 is 0.967 bits per heavy atom. The average molecular weight is 412 g/mol. The Bertz CT molecular complexity index is 803. The molecule has 0 bridgehead atoms. The van der Waals surface area contributed by atoms with E-state index in [9.17, 15) is 10.3 Å². The number of aliphatic hydroxyl groups is 1. The van der Waals surface area contributed by atoms with Crippen LogP contribution in [0.4, 0.5) is 0 Å². The molecular formula is C25H37N3O2. The summed E-state index contributed by atoms with van der Waals surface area (Å²) in [4.78, 5) is 2.50. The fraction of sp³-hybridized carbons (Fsp3) is 0.520. The lowest BCUT2D eigenvalue weighted by molar-refractivity contribution is -0.154. The second-order valence-corrected chi connectivity index (χ2v) is 8.99. The molecule has 1 saturated carbocycles. The van der Waals surface area contributed by atoms with E-state index in [2.05, 4.69) is 58.7 Å². The van der Waals surface area contributed by atoms with Crippen molar-refractivity contribution in [3.05, 3.63) is 59.7 Å². The number of nitrogens with zero attached hydrogens (tertiary/aromatic N) is 2. The summed E-state index contributed by atoms with van der Waals surface area (Å²) in [6.45, 7) is 6.03. The van der Waals surface area contributed by atoms with Gasteiger partial charge in [0.1, 0.15) is 0 Å². The molecule has 1 aliphatic carbocycles. The first kappa shape index (κ1) is 21.5. The molecule has 1 saturated heterocycles. The van der Waals surface area contributed by atoms with Gasteiger partial charge in [-0.15, -0.1) is 0 Å². The van der Waals surface area contributed by atoms with Crippen LogP contribution in [0.25, 0.3) is 11.1 Å². The van der Waals surface area contributed by atoms with E-state index in [0.717, 1.165) is 64.0 Å². The average Bonchev–Trinajstić information content (AvgIpc) is 2.76. The van der Waals surface area contributed by atoms with Crippen molar-refractivity contribution in [1.29, 1.82) is 0 Å². The lowest BCUT2D eigenvalue weighted by Gasteiger charge is -2.34. The quantitative estimate of drug-likeness (QED) is 0.604. The van der Waals surface area contributed by atoms with Crippen molar-refractivity contribution in [2.45, 2.75) is 50.8 Å². The normalized spacial score (nSPS) is 19.8. The first-order valence-electron chi connectivity index (χ1n) is 11.4. The zero-order valence-electron chi connectivity index (χ0n) is 17.9. The van der Waals surface area contributed by atoms with Gasteiger partial charge in [-0.2, -0.15) is 5.06 Å². The van der Waals surface area contributed by atoms with E-state index in [1.165, 1.54) is 28.2 Å².